The number of aromatic carboxylic acids is 1. The summed E-state index contributed by atoms with van der Waals surface area (Å²) in [5.74, 6) is -1.08. The van der Waals surface area contributed by atoms with Crippen LogP contribution in [0.25, 0.3) is 31.9 Å². The first-order chi connectivity index (χ1) is 27.0. The van der Waals surface area contributed by atoms with Gasteiger partial charge in [-0.15, -0.1) is 22.7 Å². The smallest absolute Gasteiger partial charge is 0.345 e. The minimum absolute atomic E-state index is 0.0972. The first-order valence-corrected chi connectivity index (χ1v) is 20.0. The molecular formula is C36H37Cl4N7O7S2. The first-order valence-electron chi connectivity index (χ1n) is 16.8. The summed E-state index contributed by atoms with van der Waals surface area (Å²) in [6.07, 6.45) is 0. The number of hydrogen-bond acceptors (Lipinski definition) is 11. The highest BCUT2D eigenvalue weighted by Gasteiger charge is 2.29. The SMILES string of the molecule is NCCO.[C-]#[N+]c1c(N2CCOCC2)sc(C(=O)O)c1-c1ccc(Cl)cc1Cl.[C-]#[N+]c1c(N2CCOCC2)sc(NC(=O)NCCO)c1-c1ccc(Cl)cc1Cl. The number of hydrogen-bond donors (Lipinski definition) is 6. The Morgan fingerprint density at radius 3 is 1.68 bits per heavy atom. The van der Waals surface area contributed by atoms with Gasteiger partial charge in [0.25, 0.3) is 0 Å². The normalized spacial score (nSPS) is 13.7. The lowest BCUT2D eigenvalue weighted by Crippen LogP contribution is -2.35. The number of nitrogens with one attached hydrogen (secondary N) is 2. The number of carbonyl (C=O) groups is 2. The fourth-order valence-electron chi connectivity index (χ4n) is 5.43. The third-order valence-electron chi connectivity index (χ3n) is 7.90. The molecule has 6 rings (SSSR count). The maximum Gasteiger partial charge on any atom is 0.345 e. The molecule has 0 radical (unpaired) electrons. The molecule has 2 aromatic heterocycles. The van der Waals surface area contributed by atoms with E-state index in [2.05, 4.69) is 25.2 Å². The van der Waals surface area contributed by atoms with Crippen LogP contribution in [0.5, 0.6) is 0 Å². The molecule has 0 bridgehead atoms. The number of urea groups is 1. The Balaban J connectivity index is 0.000000229. The van der Waals surface area contributed by atoms with E-state index in [9.17, 15) is 14.7 Å². The predicted molar refractivity (Wildman–Crippen MR) is 225 cm³/mol. The quantitative estimate of drug-likeness (QED) is 0.0904. The standard InChI is InChI=1S/C18H18Cl2N4O3S.C16H12Cl2N2O3S.C2H7NO/c1-21-15-14(12-3-2-11(19)10-13(12)20)16(23-18(26)22-4-7-25)28-17(15)24-5-8-27-9-6-24;1-19-13-12(10-3-2-9(17)8-11(10)18)14(16(21)22)24-15(13)20-4-6-23-7-5-20;3-1-2-4/h2-3,10,25H,4-9H2,(H2,22,23,26);2-3,8H,4-7H2,(H,21,22);4H,1-3H2. The zero-order valence-corrected chi connectivity index (χ0v) is 34.3. The van der Waals surface area contributed by atoms with Crippen molar-refractivity contribution < 1.29 is 34.4 Å². The van der Waals surface area contributed by atoms with Crippen LogP contribution in [0.4, 0.5) is 31.2 Å². The van der Waals surface area contributed by atoms with Crippen LogP contribution in [-0.4, -0.2) is 106 Å². The van der Waals surface area contributed by atoms with Gasteiger partial charge in [-0.2, -0.15) is 0 Å². The summed E-state index contributed by atoms with van der Waals surface area (Å²) in [4.78, 5) is 35.4. The van der Waals surface area contributed by atoms with E-state index in [1.54, 1.807) is 36.4 Å². The molecule has 2 aliphatic rings. The summed E-state index contributed by atoms with van der Waals surface area (Å²) >= 11 is 27.0. The highest BCUT2D eigenvalue weighted by molar-refractivity contribution is 7.21. The van der Waals surface area contributed by atoms with Crippen molar-refractivity contribution in [2.45, 2.75) is 0 Å². The zero-order valence-electron chi connectivity index (χ0n) is 29.6. The van der Waals surface area contributed by atoms with Crippen LogP contribution in [0.3, 0.4) is 0 Å². The summed E-state index contributed by atoms with van der Waals surface area (Å²) in [5, 5.41) is 35.1. The van der Waals surface area contributed by atoms with Gasteiger partial charge in [0.1, 0.15) is 4.88 Å². The van der Waals surface area contributed by atoms with E-state index < -0.39 is 12.0 Å². The monoisotopic (exact) mass is 883 g/mol. The van der Waals surface area contributed by atoms with Crippen molar-refractivity contribution in [3.8, 4) is 22.3 Å². The van der Waals surface area contributed by atoms with Crippen molar-refractivity contribution in [3.05, 3.63) is 84.2 Å². The maximum absolute atomic E-state index is 12.2. The minimum atomic E-state index is -1.08. The van der Waals surface area contributed by atoms with Gasteiger partial charge >= 0.3 is 12.0 Å². The van der Waals surface area contributed by atoms with Crippen LogP contribution in [-0.2, 0) is 9.47 Å². The number of morpholine rings is 2. The van der Waals surface area contributed by atoms with Crippen molar-refractivity contribution in [3.63, 3.8) is 0 Å². The summed E-state index contributed by atoms with van der Waals surface area (Å²) < 4.78 is 10.7. The molecule has 298 valence electrons. The molecule has 2 aromatic carbocycles. The Morgan fingerprint density at radius 2 is 1.25 bits per heavy atom. The number of nitrogens with two attached hydrogens (primary N) is 1. The number of halogens is 4. The number of aliphatic hydroxyl groups excluding tert-OH is 2. The highest BCUT2D eigenvalue weighted by Crippen LogP contribution is 2.53. The molecule has 20 heteroatoms. The van der Waals surface area contributed by atoms with E-state index in [4.69, 9.17) is 85.0 Å². The van der Waals surface area contributed by atoms with Crippen molar-refractivity contribution in [2.75, 3.05) is 94.0 Å². The first kappa shape index (κ1) is 44.8. The number of nitrogens with zero attached hydrogens (tertiary/aromatic N) is 4. The Hall–Kier alpha value is -3.88. The molecule has 0 saturated carbocycles. The lowest BCUT2D eigenvalue weighted by atomic mass is 10.0. The molecule has 0 aliphatic carbocycles. The third kappa shape index (κ3) is 11.4. The highest BCUT2D eigenvalue weighted by atomic mass is 35.5. The van der Waals surface area contributed by atoms with Gasteiger partial charge in [-0.05, 0) is 35.4 Å². The van der Waals surface area contributed by atoms with Crippen LogP contribution in [0.1, 0.15) is 9.67 Å². The van der Waals surface area contributed by atoms with Crippen LogP contribution >= 0.6 is 69.1 Å². The Labute approximate surface area is 351 Å². The number of thiophene rings is 2. The van der Waals surface area contributed by atoms with Gasteiger partial charge in [0, 0.05) is 70.5 Å². The molecule has 0 unspecified atom stereocenters. The van der Waals surface area contributed by atoms with Gasteiger partial charge in [0.05, 0.1) is 67.8 Å². The van der Waals surface area contributed by atoms with Gasteiger partial charge in [-0.25, -0.2) is 19.3 Å². The second kappa shape index (κ2) is 22.2. The van der Waals surface area contributed by atoms with Gasteiger partial charge in [0.2, 0.25) is 11.4 Å². The molecule has 14 nitrogen and oxygen atoms in total. The van der Waals surface area contributed by atoms with Crippen LogP contribution in [0, 0.1) is 13.1 Å². The van der Waals surface area contributed by atoms with Crippen LogP contribution < -0.4 is 26.2 Å². The lowest BCUT2D eigenvalue weighted by Gasteiger charge is -2.28. The summed E-state index contributed by atoms with van der Waals surface area (Å²) in [7, 11) is 0. The average Bonchev–Trinajstić information content (AvgIpc) is 3.77. The molecule has 2 fully saturated rings. The third-order valence-corrected chi connectivity index (χ3v) is 11.4. The zero-order chi connectivity index (χ0) is 40.8. The second-order valence-corrected chi connectivity index (χ2v) is 15.2. The van der Waals surface area contributed by atoms with Crippen molar-refractivity contribution in [2.24, 2.45) is 5.73 Å². The summed E-state index contributed by atoms with van der Waals surface area (Å²) in [5.41, 5.74) is 7.54. The van der Waals surface area contributed by atoms with E-state index >= 15 is 0 Å². The number of anilines is 3. The molecule has 0 spiro atoms. The molecule has 4 heterocycles. The number of benzene rings is 2. The van der Waals surface area contributed by atoms with Gasteiger partial charge in [-0.1, -0.05) is 58.5 Å². The predicted octanol–water partition coefficient (Wildman–Crippen LogP) is 7.97. The molecule has 2 aliphatic heterocycles. The number of rotatable bonds is 9. The number of carboxylic acids is 1. The molecule has 7 N–H and O–H groups in total. The summed E-state index contributed by atoms with van der Waals surface area (Å²) in [6.45, 7) is 20.6. The fourth-order valence-corrected chi connectivity index (χ4v) is 8.78. The minimum Gasteiger partial charge on any atom is -0.477 e. The fraction of sp³-hybridized carbons (Fsp3) is 0.333. The number of aliphatic hydroxyl groups is 2. The number of ether oxygens (including phenoxy) is 2. The molecule has 0 atom stereocenters. The Kier molecular flexibility index (Phi) is 17.7. The number of amides is 2. The molecule has 2 amide bonds. The van der Waals surface area contributed by atoms with Crippen molar-refractivity contribution in [1.29, 1.82) is 0 Å². The van der Waals surface area contributed by atoms with Gasteiger partial charge < -0.3 is 45.6 Å². The molecule has 2 saturated heterocycles. The van der Waals surface area contributed by atoms with Crippen molar-refractivity contribution in [1.82, 2.24) is 5.32 Å². The van der Waals surface area contributed by atoms with Gasteiger partial charge in [-0.3, -0.25) is 5.32 Å². The molecule has 4 aromatic rings. The topological polar surface area (TPSA) is 179 Å². The second-order valence-electron chi connectivity index (χ2n) is 11.5. The largest absolute Gasteiger partial charge is 0.477 e. The van der Waals surface area contributed by atoms with E-state index in [1.165, 1.54) is 11.3 Å². The molecule has 56 heavy (non-hydrogen) atoms. The summed E-state index contributed by atoms with van der Waals surface area (Å²) in [6, 6.07) is 9.40. The Bertz CT molecular complexity index is 2070. The van der Waals surface area contributed by atoms with E-state index in [-0.39, 0.29) is 24.6 Å². The van der Waals surface area contributed by atoms with Crippen molar-refractivity contribution >= 4 is 107 Å². The van der Waals surface area contributed by atoms with E-state index in [0.29, 0.717) is 123 Å². The van der Waals surface area contributed by atoms with Gasteiger partial charge in [0.15, 0.2) is 0 Å². The van der Waals surface area contributed by atoms with E-state index in [1.807, 2.05) is 4.90 Å². The maximum atomic E-state index is 12.2. The van der Waals surface area contributed by atoms with Crippen LogP contribution in [0.2, 0.25) is 20.1 Å². The Morgan fingerprint density at radius 1 is 0.786 bits per heavy atom. The van der Waals surface area contributed by atoms with Crippen LogP contribution in [0.15, 0.2) is 36.4 Å². The van der Waals surface area contributed by atoms with E-state index in [0.717, 1.165) is 16.3 Å². The lowest BCUT2D eigenvalue weighted by molar-refractivity contribution is 0.0703. The number of carbonyl (C=O) groups excluding carboxylic acids is 1. The number of carboxylic acid groups (broad SMARTS) is 1. The average molecular weight is 886 g/mol. The molecular weight excluding hydrogens is 848 g/mol.